The largest absolute Gasteiger partial charge is 0.330 e. The molecule has 0 spiro atoms. The van der Waals surface area contributed by atoms with Crippen molar-refractivity contribution in [1.82, 2.24) is 9.97 Å². The summed E-state index contributed by atoms with van der Waals surface area (Å²) in [5.41, 5.74) is 11.3. The third-order valence-corrected chi connectivity index (χ3v) is 3.58. The summed E-state index contributed by atoms with van der Waals surface area (Å²) in [7, 11) is 0. The van der Waals surface area contributed by atoms with Gasteiger partial charge in [-0.15, -0.1) is 0 Å². The molecule has 0 aliphatic carbocycles. The second-order valence-corrected chi connectivity index (χ2v) is 5.55. The Balaban J connectivity index is 2.49. The lowest BCUT2D eigenvalue weighted by atomic mass is 10.0. The van der Waals surface area contributed by atoms with Crippen LogP contribution in [0.4, 0.5) is 0 Å². The van der Waals surface area contributed by atoms with Gasteiger partial charge in [0.15, 0.2) is 0 Å². The van der Waals surface area contributed by atoms with Crippen molar-refractivity contribution in [3.63, 3.8) is 0 Å². The van der Waals surface area contributed by atoms with E-state index in [1.165, 1.54) is 16.7 Å². The molecule has 3 heteroatoms. The zero-order valence-corrected chi connectivity index (χ0v) is 12.8. The molecule has 3 nitrogen and oxygen atoms in total. The van der Waals surface area contributed by atoms with Crippen molar-refractivity contribution in [3.05, 3.63) is 46.9 Å². The molecule has 0 fully saturated rings. The summed E-state index contributed by atoms with van der Waals surface area (Å²) < 4.78 is 0. The summed E-state index contributed by atoms with van der Waals surface area (Å²) in [5.74, 6) is 1.19. The zero-order valence-electron chi connectivity index (χ0n) is 12.8. The highest BCUT2D eigenvalue weighted by molar-refractivity contribution is 5.64. The minimum absolute atomic E-state index is 0.295. The number of aromatic nitrogens is 2. The summed E-state index contributed by atoms with van der Waals surface area (Å²) in [6, 6.07) is 8.52. The van der Waals surface area contributed by atoms with E-state index in [1.807, 2.05) is 6.92 Å². The van der Waals surface area contributed by atoms with Gasteiger partial charge in [-0.2, -0.15) is 0 Å². The van der Waals surface area contributed by atoms with Gasteiger partial charge in [0.25, 0.3) is 0 Å². The van der Waals surface area contributed by atoms with E-state index in [9.17, 15) is 0 Å². The van der Waals surface area contributed by atoms with E-state index < -0.39 is 0 Å². The lowest BCUT2D eigenvalue weighted by Gasteiger charge is -2.13. The van der Waals surface area contributed by atoms with E-state index in [1.54, 1.807) is 0 Å². The van der Waals surface area contributed by atoms with Crippen molar-refractivity contribution >= 4 is 0 Å². The fourth-order valence-electron chi connectivity index (χ4n) is 2.34. The van der Waals surface area contributed by atoms with Crippen molar-refractivity contribution in [2.75, 3.05) is 6.54 Å². The van der Waals surface area contributed by atoms with Crippen molar-refractivity contribution in [3.8, 4) is 11.3 Å². The van der Waals surface area contributed by atoms with E-state index in [4.69, 9.17) is 10.7 Å². The van der Waals surface area contributed by atoms with Crippen LogP contribution in [0.25, 0.3) is 11.3 Å². The number of benzene rings is 1. The highest BCUT2D eigenvalue weighted by atomic mass is 14.9. The molecular weight excluding hydrogens is 246 g/mol. The molecule has 2 aromatic rings. The van der Waals surface area contributed by atoms with E-state index in [-0.39, 0.29) is 0 Å². The second-order valence-electron chi connectivity index (χ2n) is 5.55. The molecule has 2 rings (SSSR count). The van der Waals surface area contributed by atoms with Gasteiger partial charge in [0.05, 0.1) is 5.69 Å². The summed E-state index contributed by atoms with van der Waals surface area (Å²) in [5, 5.41) is 0. The normalized spacial score (nSPS) is 12.4. The minimum atomic E-state index is 0.295. The van der Waals surface area contributed by atoms with Gasteiger partial charge in [-0.3, -0.25) is 0 Å². The molecule has 0 bridgehead atoms. The highest BCUT2D eigenvalue weighted by Crippen LogP contribution is 2.25. The van der Waals surface area contributed by atoms with Crippen LogP contribution in [0.15, 0.2) is 24.3 Å². The van der Waals surface area contributed by atoms with Crippen molar-refractivity contribution in [2.45, 2.75) is 40.0 Å². The van der Waals surface area contributed by atoms with Crippen LogP contribution >= 0.6 is 0 Å². The zero-order chi connectivity index (χ0) is 14.7. The number of hydrogen-bond acceptors (Lipinski definition) is 3. The Morgan fingerprint density at radius 3 is 2.55 bits per heavy atom. The maximum atomic E-state index is 5.64. The molecule has 1 aromatic carbocycles. The number of nitrogens with two attached hydrogens (primary N) is 1. The predicted octanol–water partition coefficient (Wildman–Crippen LogP) is 3.52. The van der Waals surface area contributed by atoms with Gasteiger partial charge in [0, 0.05) is 17.2 Å². The average molecular weight is 269 g/mol. The lowest BCUT2D eigenvalue weighted by Crippen LogP contribution is -2.09. The molecule has 0 saturated carbocycles. The third-order valence-electron chi connectivity index (χ3n) is 3.58. The van der Waals surface area contributed by atoms with Crippen LogP contribution in [0, 0.1) is 20.8 Å². The lowest BCUT2D eigenvalue weighted by molar-refractivity contribution is 0.645. The van der Waals surface area contributed by atoms with Crippen LogP contribution in [0.1, 0.15) is 41.9 Å². The van der Waals surface area contributed by atoms with Gasteiger partial charge < -0.3 is 5.73 Å². The molecular formula is C17H23N3. The van der Waals surface area contributed by atoms with Crippen LogP contribution in [0.3, 0.4) is 0 Å². The van der Waals surface area contributed by atoms with E-state index in [0.29, 0.717) is 12.5 Å². The Hall–Kier alpha value is -1.74. The van der Waals surface area contributed by atoms with Crippen molar-refractivity contribution < 1.29 is 0 Å². The molecule has 2 N–H and O–H groups in total. The van der Waals surface area contributed by atoms with Crippen molar-refractivity contribution in [2.24, 2.45) is 5.73 Å². The SMILES string of the molecule is Cc1ccc(C)c(-c2cc(C)nc(C(C)CCN)n2)c1. The first kappa shape index (κ1) is 14.7. The molecule has 106 valence electrons. The van der Waals surface area contributed by atoms with Crippen molar-refractivity contribution in [1.29, 1.82) is 0 Å². The van der Waals surface area contributed by atoms with Gasteiger partial charge in [0.2, 0.25) is 0 Å². The number of rotatable bonds is 4. The van der Waals surface area contributed by atoms with E-state index in [0.717, 1.165) is 23.6 Å². The molecule has 1 unspecified atom stereocenters. The Bertz CT molecular complexity index is 605. The maximum absolute atomic E-state index is 5.64. The topological polar surface area (TPSA) is 51.8 Å². The molecule has 1 aromatic heterocycles. The highest BCUT2D eigenvalue weighted by Gasteiger charge is 2.12. The fourth-order valence-corrected chi connectivity index (χ4v) is 2.34. The Labute approximate surface area is 121 Å². The monoisotopic (exact) mass is 269 g/mol. The number of aryl methyl sites for hydroxylation is 3. The molecule has 0 saturated heterocycles. The Kier molecular flexibility index (Phi) is 4.50. The average Bonchev–Trinajstić information content (AvgIpc) is 2.41. The summed E-state index contributed by atoms with van der Waals surface area (Å²) >= 11 is 0. The molecule has 0 radical (unpaired) electrons. The minimum Gasteiger partial charge on any atom is -0.330 e. The number of nitrogens with zero attached hydrogens (tertiary/aromatic N) is 2. The predicted molar refractivity (Wildman–Crippen MR) is 83.8 cm³/mol. The van der Waals surface area contributed by atoms with Crippen LogP contribution < -0.4 is 5.73 Å². The second kappa shape index (κ2) is 6.14. The summed E-state index contributed by atoms with van der Waals surface area (Å²) in [6.45, 7) is 9.05. The van der Waals surface area contributed by atoms with Crippen LogP contribution in [0.5, 0.6) is 0 Å². The van der Waals surface area contributed by atoms with Crippen LogP contribution in [-0.2, 0) is 0 Å². The third kappa shape index (κ3) is 3.23. The molecule has 0 amide bonds. The van der Waals surface area contributed by atoms with Crippen LogP contribution in [-0.4, -0.2) is 16.5 Å². The maximum Gasteiger partial charge on any atom is 0.132 e. The van der Waals surface area contributed by atoms with Gasteiger partial charge >= 0.3 is 0 Å². The van der Waals surface area contributed by atoms with Gasteiger partial charge in [-0.05, 0) is 51.4 Å². The summed E-state index contributed by atoms with van der Waals surface area (Å²) in [6.07, 6.45) is 0.912. The standard InChI is InChI=1S/C17H23N3/c1-11-5-6-12(2)15(9-11)16-10-14(4)19-17(20-16)13(3)7-8-18/h5-6,9-10,13H,7-8,18H2,1-4H3. The van der Waals surface area contributed by atoms with E-state index in [2.05, 4.69) is 50.0 Å². The molecule has 1 atom stereocenters. The first-order valence-corrected chi connectivity index (χ1v) is 7.14. The molecule has 20 heavy (non-hydrogen) atoms. The Morgan fingerprint density at radius 2 is 1.85 bits per heavy atom. The van der Waals surface area contributed by atoms with Gasteiger partial charge in [-0.25, -0.2) is 9.97 Å². The molecule has 0 aliphatic heterocycles. The van der Waals surface area contributed by atoms with Gasteiger partial charge in [0.1, 0.15) is 5.82 Å². The van der Waals surface area contributed by atoms with Crippen LogP contribution in [0.2, 0.25) is 0 Å². The quantitative estimate of drug-likeness (QED) is 0.924. The first-order chi connectivity index (χ1) is 9.51. The Morgan fingerprint density at radius 1 is 1.10 bits per heavy atom. The smallest absolute Gasteiger partial charge is 0.132 e. The summed E-state index contributed by atoms with van der Waals surface area (Å²) in [4.78, 5) is 9.32. The molecule has 1 heterocycles. The number of hydrogen-bond donors (Lipinski definition) is 1. The first-order valence-electron chi connectivity index (χ1n) is 7.14. The van der Waals surface area contributed by atoms with Gasteiger partial charge in [-0.1, -0.05) is 24.6 Å². The van der Waals surface area contributed by atoms with E-state index >= 15 is 0 Å². The molecule has 0 aliphatic rings. The fraction of sp³-hybridized carbons (Fsp3) is 0.412.